The molecule has 3 nitrogen and oxygen atoms in total. The molecule has 0 aromatic heterocycles. The first-order valence-corrected chi connectivity index (χ1v) is 4.00. The Bertz CT molecular complexity index is 134. The van der Waals surface area contributed by atoms with Crippen molar-refractivity contribution < 1.29 is 14.7 Å². The van der Waals surface area contributed by atoms with Crippen LogP contribution in [0.2, 0.25) is 0 Å². The molecule has 0 aliphatic carbocycles. The molecule has 0 bridgehead atoms. The van der Waals surface area contributed by atoms with Crippen LogP contribution in [-0.2, 0) is 9.59 Å². The Kier molecular flexibility index (Phi) is 9.70. The van der Waals surface area contributed by atoms with Gasteiger partial charge in [0.15, 0.2) is 5.12 Å². The van der Waals surface area contributed by atoms with Crippen molar-refractivity contribution in [2.45, 2.75) is 25.5 Å². The lowest BCUT2D eigenvalue weighted by Crippen LogP contribution is -2.06. The second-order valence-electron chi connectivity index (χ2n) is 1.76. The van der Waals surface area contributed by atoms with Crippen LogP contribution in [0.25, 0.3) is 0 Å². The van der Waals surface area contributed by atoms with Crippen molar-refractivity contribution >= 4 is 36.3 Å². The highest BCUT2D eigenvalue weighted by molar-refractivity contribution is 7.96. The van der Waals surface area contributed by atoms with Gasteiger partial charge in [-0.3, -0.25) is 9.59 Å². The molecule has 0 aromatic rings. The minimum Gasteiger partial charge on any atom is -0.480 e. The summed E-state index contributed by atoms with van der Waals surface area (Å²) < 4.78 is 0. The van der Waals surface area contributed by atoms with Crippen molar-refractivity contribution in [3.8, 4) is 0 Å². The topological polar surface area (TPSA) is 54.4 Å². The van der Waals surface area contributed by atoms with Gasteiger partial charge in [-0.05, 0) is 6.92 Å². The summed E-state index contributed by atoms with van der Waals surface area (Å²) in [5, 5.41) is 7.33. The molecule has 1 N–H and O–H groups in total. The number of hydrogen-bond donors (Lipinski definition) is 3. The van der Waals surface area contributed by atoms with E-state index in [0.717, 1.165) is 0 Å². The van der Waals surface area contributed by atoms with E-state index in [-0.39, 0.29) is 5.12 Å². The van der Waals surface area contributed by atoms with Gasteiger partial charge in [0.2, 0.25) is 0 Å². The highest BCUT2D eigenvalue weighted by Gasteiger charge is 2.00. The molecular formula is C6H12O3S2. The molecule has 0 radical (unpaired) electrons. The number of carboxylic acids is 1. The van der Waals surface area contributed by atoms with Crippen molar-refractivity contribution in [1.82, 2.24) is 0 Å². The monoisotopic (exact) mass is 196 g/mol. The normalized spacial score (nSPS) is 10.9. The molecule has 0 aromatic carbocycles. The number of carbonyl (C=O) groups is 2. The van der Waals surface area contributed by atoms with Crippen LogP contribution in [0.1, 0.15) is 20.3 Å². The first-order chi connectivity index (χ1) is 4.91. The Morgan fingerprint density at radius 1 is 1.55 bits per heavy atom. The molecule has 0 spiro atoms. The summed E-state index contributed by atoms with van der Waals surface area (Å²) in [7, 11) is 0. The van der Waals surface area contributed by atoms with Gasteiger partial charge in [-0.1, -0.05) is 6.92 Å². The van der Waals surface area contributed by atoms with Crippen molar-refractivity contribution in [2.24, 2.45) is 0 Å². The molecule has 0 fully saturated rings. The first kappa shape index (κ1) is 13.4. The summed E-state index contributed by atoms with van der Waals surface area (Å²) in [6, 6.07) is 0. The Balaban J connectivity index is 0. The number of hydrogen-bond acceptors (Lipinski definition) is 3. The van der Waals surface area contributed by atoms with Crippen LogP contribution < -0.4 is 0 Å². The van der Waals surface area contributed by atoms with E-state index in [9.17, 15) is 9.59 Å². The number of rotatable bonds is 2. The fourth-order valence-corrected chi connectivity index (χ4v) is 0. The van der Waals surface area contributed by atoms with Gasteiger partial charge in [-0.15, -0.1) is 12.6 Å². The van der Waals surface area contributed by atoms with Gasteiger partial charge in [0, 0.05) is 6.42 Å². The predicted octanol–water partition coefficient (Wildman–Crippen LogP) is 1.24. The fraction of sp³-hybridized carbons (Fsp3) is 0.667. The first-order valence-electron chi connectivity index (χ1n) is 3.04. The molecular weight excluding hydrogens is 184 g/mol. The molecule has 1 unspecified atom stereocenters. The Hall–Kier alpha value is -0.160. The van der Waals surface area contributed by atoms with Crippen molar-refractivity contribution in [1.29, 1.82) is 0 Å². The van der Waals surface area contributed by atoms with Gasteiger partial charge in [0.05, 0.1) is 5.25 Å². The third kappa shape index (κ3) is 17.7. The predicted molar refractivity (Wildman–Crippen MR) is 50.4 cm³/mol. The van der Waals surface area contributed by atoms with Gasteiger partial charge >= 0.3 is 5.97 Å². The van der Waals surface area contributed by atoms with Gasteiger partial charge in [0.25, 0.3) is 0 Å². The van der Waals surface area contributed by atoms with E-state index in [2.05, 4.69) is 25.3 Å². The molecule has 0 saturated carbocycles. The zero-order valence-electron chi connectivity index (χ0n) is 6.44. The second-order valence-corrected chi connectivity index (χ2v) is 3.03. The average Bonchev–Trinajstić information content (AvgIpc) is 1.89. The van der Waals surface area contributed by atoms with Gasteiger partial charge in [-0.25, -0.2) is 0 Å². The second kappa shape index (κ2) is 7.94. The lowest BCUT2D eigenvalue weighted by molar-refractivity contribution is -0.136. The van der Waals surface area contributed by atoms with Crippen LogP contribution in [-0.4, -0.2) is 21.4 Å². The summed E-state index contributed by atoms with van der Waals surface area (Å²) >= 11 is 7.05. The SMILES string of the molecule is CC(S)C(=O)O.CCC(=O)S. The summed E-state index contributed by atoms with van der Waals surface area (Å²) in [6.45, 7) is 3.28. The minimum atomic E-state index is -0.877. The summed E-state index contributed by atoms with van der Waals surface area (Å²) in [6.07, 6.45) is 0.531. The number of thiol groups is 2. The lowest BCUT2D eigenvalue weighted by Gasteiger charge is -1.88. The van der Waals surface area contributed by atoms with Crippen LogP contribution in [0.15, 0.2) is 0 Å². The molecule has 66 valence electrons. The number of carbonyl (C=O) groups excluding carboxylic acids is 1. The average molecular weight is 196 g/mol. The Labute approximate surface area is 77.0 Å². The highest BCUT2D eigenvalue weighted by Crippen LogP contribution is 1.88. The standard InChI is InChI=1S/C3H6O2S.C3H6OS/c1-2(6)3(4)5;1-2-3(4)5/h2,6H,1H3,(H,4,5);2H2,1H3,(H,4,5). The lowest BCUT2D eigenvalue weighted by atomic mass is 10.5. The zero-order valence-corrected chi connectivity index (χ0v) is 8.23. The van der Waals surface area contributed by atoms with Gasteiger partial charge < -0.3 is 5.11 Å². The summed E-state index contributed by atoms with van der Waals surface area (Å²) in [5.74, 6) is -0.877. The summed E-state index contributed by atoms with van der Waals surface area (Å²) in [5.41, 5.74) is 0. The Morgan fingerprint density at radius 2 is 1.73 bits per heavy atom. The molecule has 5 heteroatoms. The molecule has 0 aliphatic rings. The van der Waals surface area contributed by atoms with Crippen LogP contribution in [0.5, 0.6) is 0 Å². The molecule has 11 heavy (non-hydrogen) atoms. The third-order valence-corrected chi connectivity index (χ3v) is 1.20. The van der Waals surface area contributed by atoms with E-state index in [1.807, 2.05) is 0 Å². The van der Waals surface area contributed by atoms with E-state index in [0.29, 0.717) is 6.42 Å². The van der Waals surface area contributed by atoms with E-state index in [4.69, 9.17) is 5.11 Å². The molecule has 0 aliphatic heterocycles. The zero-order chi connectivity index (χ0) is 9.44. The maximum atomic E-state index is 9.68. The maximum absolute atomic E-state index is 9.68. The largest absolute Gasteiger partial charge is 0.480 e. The van der Waals surface area contributed by atoms with Gasteiger partial charge in [-0.2, -0.15) is 12.6 Å². The molecule has 0 amide bonds. The van der Waals surface area contributed by atoms with Gasteiger partial charge in [0.1, 0.15) is 0 Å². The minimum absolute atomic E-state index is 0.0509. The molecule has 0 saturated heterocycles. The molecule has 1 atom stereocenters. The van der Waals surface area contributed by atoms with Crippen LogP contribution in [0, 0.1) is 0 Å². The highest BCUT2D eigenvalue weighted by atomic mass is 32.1. The van der Waals surface area contributed by atoms with E-state index in [1.54, 1.807) is 6.92 Å². The van der Waals surface area contributed by atoms with Crippen molar-refractivity contribution in [3.05, 3.63) is 0 Å². The van der Waals surface area contributed by atoms with Crippen LogP contribution >= 0.6 is 25.3 Å². The molecule has 0 heterocycles. The number of aliphatic carboxylic acids is 1. The van der Waals surface area contributed by atoms with E-state index < -0.39 is 11.2 Å². The fourth-order valence-electron chi connectivity index (χ4n) is 0. The van der Waals surface area contributed by atoms with Crippen molar-refractivity contribution in [2.75, 3.05) is 0 Å². The van der Waals surface area contributed by atoms with Crippen LogP contribution in [0.4, 0.5) is 0 Å². The van der Waals surface area contributed by atoms with E-state index in [1.165, 1.54) is 6.92 Å². The van der Waals surface area contributed by atoms with Crippen molar-refractivity contribution in [3.63, 3.8) is 0 Å². The quantitative estimate of drug-likeness (QED) is 0.582. The Morgan fingerprint density at radius 3 is 1.73 bits per heavy atom. The summed E-state index contributed by atoms with van der Waals surface area (Å²) in [4.78, 5) is 19.3. The van der Waals surface area contributed by atoms with Crippen LogP contribution in [0.3, 0.4) is 0 Å². The van der Waals surface area contributed by atoms with E-state index >= 15 is 0 Å². The smallest absolute Gasteiger partial charge is 0.316 e. The number of carboxylic acid groups (broad SMARTS) is 1. The molecule has 0 rings (SSSR count). The maximum Gasteiger partial charge on any atom is 0.316 e. The third-order valence-electron chi connectivity index (χ3n) is 0.660.